The number of nitrogens with one attached hydrogen (secondary N) is 2. The van der Waals surface area contributed by atoms with Crippen LogP contribution in [0.2, 0.25) is 0 Å². The van der Waals surface area contributed by atoms with Crippen LogP contribution in [-0.4, -0.2) is 29.7 Å². The predicted molar refractivity (Wildman–Crippen MR) is 109 cm³/mol. The van der Waals surface area contributed by atoms with Crippen LogP contribution in [0.4, 0.5) is 11.6 Å². The van der Waals surface area contributed by atoms with Crippen LogP contribution in [0.25, 0.3) is 11.4 Å². The minimum absolute atomic E-state index is 0.549. The summed E-state index contributed by atoms with van der Waals surface area (Å²) in [7, 11) is 1.69. The zero-order chi connectivity index (χ0) is 18.5. The predicted octanol–water partition coefficient (Wildman–Crippen LogP) is 4.38. The van der Waals surface area contributed by atoms with Crippen LogP contribution in [0.1, 0.15) is 18.4 Å². The lowest BCUT2D eigenvalue weighted by Crippen LogP contribution is -2.10. The lowest BCUT2D eigenvalue weighted by molar-refractivity contribution is 0.414. The molecule has 1 aromatic heterocycles. The Kier molecular flexibility index (Phi) is 5.19. The summed E-state index contributed by atoms with van der Waals surface area (Å²) in [6.45, 7) is 0.793. The van der Waals surface area contributed by atoms with Crippen LogP contribution in [0, 0.1) is 0 Å². The number of anilines is 2. The van der Waals surface area contributed by atoms with E-state index in [-0.39, 0.29) is 0 Å². The molecule has 0 aliphatic heterocycles. The van der Waals surface area contributed by atoms with Gasteiger partial charge in [0.2, 0.25) is 0 Å². The van der Waals surface area contributed by atoms with Crippen LogP contribution in [0.3, 0.4) is 0 Å². The summed E-state index contributed by atoms with van der Waals surface area (Å²) in [5, 5.41) is 6.92. The molecule has 0 bridgehead atoms. The molecule has 1 aliphatic rings. The van der Waals surface area contributed by atoms with E-state index < -0.39 is 0 Å². The maximum atomic E-state index is 5.29. The van der Waals surface area contributed by atoms with E-state index >= 15 is 0 Å². The van der Waals surface area contributed by atoms with Gasteiger partial charge in [-0.2, -0.15) is 0 Å². The molecule has 2 aromatic carbocycles. The van der Waals surface area contributed by atoms with Crippen molar-refractivity contribution in [2.45, 2.75) is 25.3 Å². The van der Waals surface area contributed by atoms with Gasteiger partial charge in [-0.3, -0.25) is 0 Å². The zero-order valence-corrected chi connectivity index (χ0v) is 15.5. The van der Waals surface area contributed by atoms with E-state index in [1.807, 2.05) is 48.5 Å². The molecule has 5 nitrogen and oxygen atoms in total. The summed E-state index contributed by atoms with van der Waals surface area (Å²) < 4.78 is 5.29. The van der Waals surface area contributed by atoms with E-state index in [0.29, 0.717) is 6.04 Å². The molecule has 1 fully saturated rings. The maximum absolute atomic E-state index is 5.29. The number of hydrogen-bond donors (Lipinski definition) is 2. The van der Waals surface area contributed by atoms with Gasteiger partial charge in [0, 0.05) is 24.2 Å². The molecule has 138 valence electrons. The van der Waals surface area contributed by atoms with E-state index in [0.717, 1.165) is 41.7 Å². The number of rotatable bonds is 8. The lowest BCUT2D eigenvalue weighted by Gasteiger charge is -2.11. The standard InChI is InChI=1S/C22H24N4O/c1-27-19-9-5-6-16(14-19)12-13-23-20-15-21(24-18-10-11-18)26-22(25-20)17-7-3-2-4-8-17/h2-9,14-15,18H,10-13H2,1H3,(H2,23,24,25,26). The Bertz CT molecular complexity index is 894. The van der Waals surface area contributed by atoms with E-state index in [4.69, 9.17) is 14.7 Å². The van der Waals surface area contributed by atoms with Gasteiger partial charge in [-0.1, -0.05) is 42.5 Å². The molecule has 5 heteroatoms. The highest BCUT2D eigenvalue weighted by atomic mass is 16.5. The Morgan fingerprint density at radius 2 is 1.78 bits per heavy atom. The smallest absolute Gasteiger partial charge is 0.163 e. The highest BCUT2D eigenvalue weighted by Gasteiger charge is 2.22. The van der Waals surface area contributed by atoms with Crippen molar-refractivity contribution in [2.24, 2.45) is 0 Å². The van der Waals surface area contributed by atoms with Crippen molar-refractivity contribution in [3.63, 3.8) is 0 Å². The van der Waals surface area contributed by atoms with E-state index in [9.17, 15) is 0 Å². The summed E-state index contributed by atoms with van der Waals surface area (Å²) in [4.78, 5) is 9.40. The Hall–Kier alpha value is -3.08. The first kappa shape index (κ1) is 17.3. The zero-order valence-electron chi connectivity index (χ0n) is 15.5. The molecule has 3 aromatic rings. The van der Waals surface area contributed by atoms with Gasteiger partial charge in [-0.05, 0) is 37.0 Å². The second-order valence-electron chi connectivity index (χ2n) is 6.77. The van der Waals surface area contributed by atoms with Crippen molar-refractivity contribution >= 4 is 11.6 Å². The third kappa shape index (κ3) is 4.76. The molecule has 27 heavy (non-hydrogen) atoms. The van der Waals surface area contributed by atoms with Crippen LogP contribution < -0.4 is 15.4 Å². The molecular weight excluding hydrogens is 336 g/mol. The van der Waals surface area contributed by atoms with Gasteiger partial charge in [0.05, 0.1) is 7.11 Å². The second kappa shape index (κ2) is 8.08. The van der Waals surface area contributed by atoms with E-state index in [1.165, 1.54) is 18.4 Å². The number of aromatic nitrogens is 2. The molecule has 0 spiro atoms. The first-order chi connectivity index (χ1) is 13.3. The maximum Gasteiger partial charge on any atom is 0.163 e. The molecule has 0 radical (unpaired) electrons. The van der Waals surface area contributed by atoms with Crippen LogP contribution in [-0.2, 0) is 6.42 Å². The fraction of sp³-hybridized carbons (Fsp3) is 0.273. The highest BCUT2D eigenvalue weighted by molar-refractivity contribution is 5.61. The van der Waals surface area contributed by atoms with Gasteiger partial charge < -0.3 is 15.4 Å². The topological polar surface area (TPSA) is 59.1 Å². The van der Waals surface area contributed by atoms with Crippen molar-refractivity contribution < 1.29 is 4.74 Å². The molecule has 0 atom stereocenters. The molecule has 1 aliphatic carbocycles. The second-order valence-corrected chi connectivity index (χ2v) is 6.77. The first-order valence-electron chi connectivity index (χ1n) is 9.38. The molecule has 0 unspecified atom stereocenters. The van der Waals surface area contributed by atoms with Crippen LogP contribution >= 0.6 is 0 Å². The summed E-state index contributed by atoms with van der Waals surface area (Å²) >= 11 is 0. The van der Waals surface area contributed by atoms with Crippen LogP contribution in [0.15, 0.2) is 60.7 Å². The number of benzene rings is 2. The molecule has 2 N–H and O–H groups in total. The average molecular weight is 360 g/mol. The average Bonchev–Trinajstić information content (AvgIpc) is 3.53. The Balaban J connectivity index is 1.48. The van der Waals surface area contributed by atoms with E-state index in [1.54, 1.807) is 7.11 Å². The molecule has 4 rings (SSSR count). The molecular formula is C22H24N4O. The SMILES string of the molecule is COc1cccc(CCNc2cc(NC3CC3)nc(-c3ccccc3)n2)c1. The van der Waals surface area contributed by atoms with Crippen molar-refractivity contribution in [2.75, 3.05) is 24.3 Å². The third-order valence-electron chi connectivity index (χ3n) is 4.54. The highest BCUT2D eigenvalue weighted by Crippen LogP contribution is 2.26. The largest absolute Gasteiger partial charge is 0.497 e. The van der Waals surface area contributed by atoms with Crippen molar-refractivity contribution in [1.82, 2.24) is 9.97 Å². The number of hydrogen-bond acceptors (Lipinski definition) is 5. The fourth-order valence-corrected chi connectivity index (χ4v) is 2.93. The first-order valence-corrected chi connectivity index (χ1v) is 9.38. The Labute approximate surface area is 159 Å². The number of nitrogens with zero attached hydrogens (tertiary/aromatic N) is 2. The van der Waals surface area contributed by atoms with Crippen molar-refractivity contribution in [3.8, 4) is 17.1 Å². The van der Waals surface area contributed by atoms with E-state index in [2.05, 4.69) is 22.8 Å². The number of ether oxygens (including phenoxy) is 1. The number of methoxy groups -OCH3 is 1. The van der Waals surface area contributed by atoms with Crippen molar-refractivity contribution in [1.29, 1.82) is 0 Å². The molecule has 1 saturated carbocycles. The van der Waals surface area contributed by atoms with Gasteiger partial charge in [0.15, 0.2) is 5.82 Å². The van der Waals surface area contributed by atoms with Gasteiger partial charge in [-0.15, -0.1) is 0 Å². The lowest BCUT2D eigenvalue weighted by atomic mass is 10.1. The monoisotopic (exact) mass is 360 g/mol. The minimum atomic E-state index is 0.549. The minimum Gasteiger partial charge on any atom is -0.497 e. The molecule has 0 saturated heterocycles. The van der Waals surface area contributed by atoms with Gasteiger partial charge in [-0.25, -0.2) is 9.97 Å². The van der Waals surface area contributed by atoms with Crippen LogP contribution in [0.5, 0.6) is 5.75 Å². The molecule has 0 amide bonds. The Morgan fingerprint density at radius 3 is 2.56 bits per heavy atom. The van der Waals surface area contributed by atoms with Gasteiger partial charge in [0.25, 0.3) is 0 Å². The quantitative estimate of drug-likeness (QED) is 0.624. The normalized spacial score (nSPS) is 13.2. The summed E-state index contributed by atoms with van der Waals surface area (Å²) in [5.41, 5.74) is 2.25. The summed E-state index contributed by atoms with van der Waals surface area (Å²) in [6.07, 6.45) is 3.32. The van der Waals surface area contributed by atoms with Crippen molar-refractivity contribution in [3.05, 3.63) is 66.2 Å². The molecule has 1 heterocycles. The van der Waals surface area contributed by atoms with Gasteiger partial charge in [0.1, 0.15) is 17.4 Å². The summed E-state index contributed by atoms with van der Waals surface area (Å²) in [5.74, 6) is 3.35. The fourth-order valence-electron chi connectivity index (χ4n) is 2.93. The Morgan fingerprint density at radius 1 is 0.963 bits per heavy atom. The third-order valence-corrected chi connectivity index (χ3v) is 4.54. The summed E-state index contributed by atoms with van der Waals surface area (Å²) in [6, 6.07) is 20.8. The van der Waals surface area contributed by atoms with Gasteiger partial charge >= 0.3 is 0 Å².